The van der Waals surface area contributed by atoms with Crippen molar-refractivity contribution >= 4 is 5.97 Å². The third-order valence-electron chi connectivity index (χ3n) is 4.34. The van der Waals surface area contributed by atoms with E-state index in [1.165, 1.54) is 57.4 Å². The number of rotatable bonds is 14. The first-order chi connectivity index (χ1) is 10.4. The monoisotopic (exact) mass is 311 g/mol. The minimum atomic E-state index is -0.347. The Morgan fingerprint density at radius 1 is 1.09 bits per heavy atom. The van der Waals surface area contributed by atoms with Crippen LogP contribution in [0.1, 0.15) is 85.0 Å². The fourth-order valence-electron chi connectivity index (χ4n) is 2.77. The third kappa shape index (κ3) is 11.8. The number of carbonyl (C=O) groups is 1. The molecular weight excluding hydrogens is 274 g/mol. The van der Waals surface area contributed by atoms with Crippen LogP contribution < -0.4 is 5.73 Å². The third-order valence-corrected chi connectivity index (χ3v) is 4.34. The van der Waals surface area contributed by atoms with Crippen LogP contribution in [0.5, 0.6) is 0 Å². The van der Waals surface area contributed by atoms with Crippen LogP contribution in [0, 0.1) is 5.92 Å². The smallest absolute Gasteiger partial charge is 0.330 e. The summed E-state index contributed by atoms with van der Waals surface area (Å²) >= 11 is 0. The maximum Gasteiger partial charge on any atom is 0.330 e. The van der Waals surface area contributed by atoms with Crippen molar-refractivity contribution in [2.45, 2.75) is 90.5 Å². The molecule has 1 atom stereocenters. The molecule has 0 rings (SSSR count). The predicted molar refractivity (Wildman–Crippen MR) is 94.8 cm³/mol. The van der Waals surface area contributed by atoms with Gasteiger partial charge < -0.3 is 10.5 Å². The average Bonchev–Trinajstić information content (AvgIpc) is 2.46. The Labute approximate surface area is 137 Å². The summed E-state index contributed by atoms with van der Waals surface area (Å²) in [5, 5.41) is 0. The quantitative estimate of drug-likeness (QED) is 0.279. The minimum absolute atomic E-state index is 0.221. The van der Waals surface area contributed by atoms with E-state index in [-0.39, 0.29) is 11.5 Å². The zero-order chi connectivity index (χ0) is 16.8. The first-order valence-corrected chi connectivity index (χ1v) is 8.99. The molecular formula is C19H37NO2. The van der Waals surface area contributed by atoms with Crippen LogP contribution in [0.2, 0.25) is 0 Å². The largest absolute Gasteiger partial charge is 0.463 e. The summed E-state index contributed by atoms with van der Waals surface area (Å²) in [5.74, 6) is 0.0471. The highest BCUT2D eigenvalue weighted by Gasteiger charge is 2.24. The zero-order valence-electron chi connectivity index (χ0n) is 15.0. The van der Waals surface area contributed by atoms with Gasteiger partial charge in [0.05, 0.1) is 6.61 Å². The Morgan fingerprint density at radius 2 is 1.64 bits per heavy atom. The van der Waals surface area contributed by atoms with E-state index in [1.54, 1.807) is 0 Å². The number of ether oxygens (including phenoxy) is 1. The lowest BCUT2D eigenvalue weighted by Crippen LogP contribution is -2.41. The predicted octanol–water partition coefficient (Wildman–Crippen LogP) is 4.99. The zero-order valence-corrected chi connectivity index (χ0v) is 15.0. The van der Waals surface area contributed by atoms with E-state index in [0.717, 1.165) is 12.8 Å². The summed E-state index contributed by atoms with van der Waals surface area (Å²) in [6, 6.07) is 0. The van der Waals surface area contributed by atoms with Crippen LogP contribution in [0.4, 0.5) is 0 Å². The summed E-state index contributed by atoms with van der Waals surface area (Å²) in [7, 11) is 0. The van der Waals surface area contributed by atoms with Gasteiger partial charge in [-0.1, -0.05) is 64.9 Å². The van der Waals surface area contributed by atoms with Crippen molar-refractivity contribution in [3.63, 3.8) is 0 Å². The molecule has 0 heterocycles. The molecule has 0 aromatic heterocycles. The van der Waals surface area contributed by atoms with Gasteiger partial charge in [0.2, 0.25) is 0 Å². The molecule has 3 nitrogen and oxygen atoms in total. The summed E-state index contributed by atoms with van der Waals surface area (Å²) in [6.07, 6.45) is 13.8. The fourth-order valence-corrected chi connectivity index (χ4v) is 2.77. The normalized spacial score (nSPS) is 12.9. The van der Waals surface area contributed by atoms with Crippen LogP contribution in [0.3, 0.4) is 0 Å². The minimum Gasteiger partial charge on any atom is -0.463 e. The number of esters is 1. The van der Waals surface area contributed by atoms with Gasteiger partial charge in [-0.3, -0.25) is 0 Å². The maximum atomic E-state index is 11.1. The van der Waals surface area contributed by atoms with E-state index in [2.05, 4.69) is 27.4 Å². The Bertz CT molecular complexity index is 294. The van der Waals surface area contributed by atoms with Crippen LogP contribution in [-0.4, -0.2) is 18.1 Å². The SMILES string of the molecule is C=CC(=O)OCCC(CCCCCCCCCC)C(C)(C)N. The number of unbranched alkanes of at least 4 members (excludes halogenated alkanes) is 7. The highest BCUT2D eigenvalue weighted by Crippen LogP contribution is 2.24. The average molecular weight is 312 g/mol. The van der Waals surface area contributed by atoms with Gasteiger partial charge in [-0.2, -0.15) is 0 Å². The van der Waals surface area contributed by atoms with Gasteiger partial charge in [-0.15, -0.1) is 0 Å². The van der Waals surface area contributed by atoms with Crippen molar-refractivity contribution in [1.82, 2.24) is 0 Å². The second kappa shape index (κ2) is 12.7. The molecule has 3 heteroatoms. The van der Waals surface area contributed by atoms with Crippen molar-refractivity contribution in [1.29, 1.82) is 0 Å². The molecule has 0 aliphatic rings. The Hall–Kier alpha value is -0.830. The van der Waals surface area contributed by atoms with Crippen molar-refractivity contribution in [2.75, 3.05) is 6.61 Å². The van der Waals surface area contributed by atoms with Gasteiger partial charge >= 0.3 is 5.97 Å². The van der Waals surface area contributed by atoms with Crippen molar-refractivity contribution in [3.05, 3.63) is 12.7 Å². The number of carbonyl (C=O) groups excluding carboxylic acids is 1. The van der Waals surface area contributed by atoms with Gasteiger partial charge in [0.15, 0.2) is 0 Å². The van der Waals surface area contributed by atoms with Gasteiger partial charge in [0.25, 0.3) is 0 Å². The molecule has 2 N–H and O–H groups in total. The van der Waals surface area contributed by atoms with Crippen molar-refractivity contribution < 1.29 is 9.53 Å². The first-order valence-electron chi connectivity index (χ1n) is 8.99. The topological polar surface area (TPSA) is 52.3 Å². The van der Waals surface area contributed by atoms with Crippen LogP contribution in [-0.2, 0) is 9.53 Å². The maximum absolute atomic E-state index is 11.1. The van der Waals surface area contributed by atoms with Crippen LogP contribution in [0.25, 0.3) is 0 Å². The molecule has 0 aliphatic carbocycles. The second-order valence-electron chi connectivity index (χ2n) is 6.94. The molecule has 0 aromatic carbocycles. The molecule has 0 amide bonds. The van der Waals surface area contributed by atoms with Crippen molar-refractivity contribution in [2.24, 2.45) is 11.7 Å². The van der Waals surface area contributed by atoms with E-state index < -0.39 is 0 Å². The molecule has 0 radical (unpaired) electrons. The lowest BCUT2D eigenvalue weighted by molar-refractivity contribution is -0.138. The van der Waals surface area contributed by atoms with Gasteiger partial charge in [0, 0.05) is 11.6 Å². The summed E-state index contributed by atoms with van der Waals surface area (Å²) in [4.78, 5) is 11.1. The molecule has 22 heavy (non-hydrogen) atoms. The lowest BCUT2D eigenvalue weighted by atomic mass is 9.82. The number of nitrogens with two attached hydrogens (primary N) is 1. The fraction of sp³-hybridized carbons (Fsp3) is 0.842. The van der Waals surface area contributed by atoms with Gasteiger partial charge in [-0.05, 0) is 32.6 Å². The van der Waals surface area contributed by atoms with Crippen molar-refractivity contribution in [3.8, 4) is 0 Å². The van der Waals surface area contributed by atoms with Gasteiger partial charge in [-0.25, -0.2) is 4.79 Å². The van der Waals surface area contributed by atoms with Gasteiger partial charge in [0.1, 0.15) is 0 Å². The highest BCUT2D eigenvalue weighted by atomic mass is 16.5. The molecule has 0 fully saturated rings. The molecule has 0 bridgehead atoms. The molecule has 130 valence electrons. The summed E-state index contributed by atoms with van der Waals surface area (Å²) in [6.45, 7) is 10.2. The Kier molecular flexibility index (Phi) is 12.2. The molecule has 0 saturated heterocycles. The highest BCUT2D eigenvalue weighted by molar-refractivity contribution is 5.81. The standard InChI is InChI=1S/C19H37NO2/c1-5-7-8-9-10-11-12-13-14-17(19(3,4)20)15-16-22-18(21)6-2/h6,17H,2,5,7-16,20H2,1,3-4H3. The molecule has 0 spiro atoms. The number of hydrogen-bond donors (Lipinski definition) is 1. The van der Waals surface area contributed by atoms with E-state index >= 15 is 0 Å². The molecule has 0 aliphatic heterocycles. The second-order valence-corrected chi connectivity index (χ2v) is 6.94. The van der Waals surface area contributed by atoms with E-state index in [4.69, 9.17) is 10.5 Å². The van der Waals surface area contributed by atoms with Crippen LogP contribution in [0.15, 0.2) is 12.7 Å². The van der Waals surface area contributed by atoms with E-state index in [1.807, 2.05) is 0 Å². The summed E-state index contributed by atoms with van der Waals surface area (Å²) in [5.41, 5.74) is 6.04. The van der Waals surface area contributed by atoms with E-state index in [0.29, 0.717) is 12.5 Å². The summed E-state index contributed by atoms with van der Waals surface area (Å²) < 4.78 is 5.09. The van der Waals surface area contributed by atoms with Crippen LogP contribution >= 0.6 is 0 Å². The first kappa shape index (κ1) is 21.2. The Morgan fingerprint density at radius 3 is 2.14 bits per heavy atom. The molecule has 0 saturated carbocycles. The Balaban J connectivity index is 3.82. The van der Waals surface area contributed by atoms with E-state index in [9.17, 15) is 4.79 Å². The lowest BCUT2D eigenvalue weighted by Gasteiger charge is -2.30. The molecule has 0 aromatic rings. The number of hydrogen-bond acceptors (Lipinski definition) is 3. The molecule has 1 unspecified atom stereocenters.